The summed E-state index contributed by atoms with van der Waals surface area (Å²) in [7, 11) is 0. The molecule has 7 nitrogen and oxygen atoms in total. The predicted octanol–water partition coefficient (Wildman–Crippen LogP) is 1.80. The van der Waals surface area contributed by atoms with Crippen molar-refractivity contribution in [2.24, 2.45) is 5.92 Å². The summed E-state index contributed by atoms with van der Waals surface area (Å²) in [4.78, 5) is 25.3. The van der Waals surface area contributed by atoms with Gasteiger partial charge in [-0.25, -0.2) is 4.98 Å². The molecule has 0 aromatic carbocycles. The van der Waals surface area contributed by atoms with Gasteiger partial charge in [-0.15, -0.1) is 23.7 Å². The number of carbonyl (C=O) groups is 1. The second-order valence-corrected chi connectivity index (χ2v) is 7.29. The molecule has 1 amide bonds. The fourth-order valence-corrected chi connectivity index (χ4v) is 4.27. The second kappa shape index (κ2) is 8.85. The van der Waals surface area contributed by atoms with Crippen LogP contribution in [0.4, 0.5) is 0 Å². The average Bonchev–Trinajstić information content (AvgIpc) is 3.15. The van der Waals surface area contributed by atoms with Crippen molar-refractivity contribution in [3.05, 3.63) is 29.7 Å². The fourth-order valence-electron chi connectivity index (χ4n) is 3.49. The van der Waals surface area contributed by atoms with Crippen molar-refractivity contribution < 1.29 is 9.53 Å². The maximum atomic E-state index is 12.5. The van der Waals surface area contributed by atoms with E-state index >= 15 is 0 Å². The monoisotopic (exact) mass is 395 g/mol. The summed E-state index contributed by atoms with van der Waals surface area (Å²) in [6, 6.07) is 0.306. The Morgan fingerprint density at radius 1 is 1.38 bits per heavy atom. The predicted molar refractivity (Wildman–Crippen MR) is 101 cm³/mol. The van der Waals surface area contributed by atoms with Crippen LogP contribution in [0.5, 0.6) is 0 Å². The van der Waals surface area contributed by atoms with E-state index < -0.39 is 0 Å². The van der Waals surface area contributed by atoms with Crippen LogP contribution in [0.2, 0.25) is 0 Å². The number of aromatic nitrogens is 3. The van der Waals surface area contributed by atoms with Gasteiger partial charge in [-0.05, 0) is 19.3 Å². The van der Waals surface area contributed by atoms with Gasteiger partial charge in [0.2, 0.25) is 5.91 Å². The van der Waals surface area contributed by atoms with Gasteiger partial charge in [0.15, 0.2) is 0 Å². The molecule has 1 saturated carbocycles. The molecule has 1 aliphatic heterocycles. The lowest BCUT2D eigenvalue weighted by Crippen LogP contribution is -2.53. The zero-order valence-electron chi connectivity index (χ0n) is 14.3. The Bertz CT molecular complexity index is 729. The number of fused-ring (bicyclic) bond motifs is 1. The molecular weight excluding hydrogens is 374 g/mol. The van der Waals surface area contributed by atoms with Gasteiger partial charge in [0.05, 0.1) is 31.1 Å². The topological polar surface area (TPSA) is 89.0 Å². The lowest BCUT2D eigenvalue weighted by atomic mass is 9.82. The number of ether oxygens (including phenoxy) is 1. The molecule has 1 aliphatic carbocycles. The Morgan fingerprint density at radius 3 is 3.15 bits per heavy atom. The smallest absolute Gasteiger partial charge is 0.223 e. The van der Waals surface area contributed by atoms with Crippen LogP contribution in [0.3, 0.4) is 0 Å². The third-order valence-electron chi connectivity index (χ3n) is 4.78. The minimum atomic E-state index is 0. The maximum absolute atomic E-state index is 12.5. The number of rotatable bonds is 4. The van der Waals surface area contributed by atoms with Gasteiger partial charge in [0.25, 0.3) is 0 Å². The fraction of sp³-hybridized carbons (Fsp3) is 0.529. The van der Waals surface area contributed by atoms with Crippen LogP contribution in [0, 0.1) is 5.92 Å². The van der Waals surface area contributed by atoms with E-state index in [0.29, 0.717) is 12.6 Å². The van der Waals surface area contributed by atoms with E-state index in [0.717, 1.165) is 48.8 Å². The van der Waals surface area contributed by atoms with Crippen LogP contribution >= 0.6 is 23.7 Å². The van der Waals surface area contributed by atoms with E-state index in [1.54, 1.807) is 18.6 Å². The van der Waals surface area contributed by atoms with E-state index in [1.807, 2.05) is 5.38 Å². The summed E-state index contributed by atoms with van der Waals surface area (Å²) >= 11 is 1.51. The molecule has 1 saturated heterocycles. The lowest BCUT2D eigenvalue weighted by molar-refractivity contribution is -0.128. The first kappa shape index (κ1) is 19.2. The largest absolute Gasteiger partial charge is 0.375 e. The van der Waals surface area contributed by atoms with Crippen LogP contribution in [0.25, 0.3) is 10.7 Å². The molecule has 0 unspecified atom stereocenters. The molecule has 3 atom stereocenters. The van der Waals surface area contributed by atoms with Crippen molar-refractivity contribution in [3.8, 4) is 10.7 Å². The SMILES string of the molecule is Cl.O=C(NCc1csc(-c2cnccn2)n1)[C@H]1CC[C@H]2OCCN[C@@H]2C1. The van der Waals surface area contributed by atoms with E-state index in [9.17, 15) is 4.79 Å². The first-order valence-electron chi connectivity index (χ1n) is 8.63. The van der Waals surface area contributed by atoms with Crippen molar-refractivity contribution in [1.29, 1.82) is 0 Å². The normalized spacial score (nSPS) is 25.0. The van der Waals surface area contributed by atoms with Gasteiger partial charge in [-0.2, -0.15) is 0 Å². The van der Waals surface area contributed by atoms with Gasteiger partial charge < -0.3 is 15.4 Å². The van der Waals surface area contributed by atoms with Crippen LogP contribution in [0.15, 0.2) is 24.0 Å². The number of carbonyl (C=O) groups excluding carboxylic acids is 1. The number of hydrogen-bond acceptors (Lipinski definition) is 7. The van der Waals surface area contributed by atoms with Gasteiger partial charge in [0.1, 0.15) is 10.7 Å². The first-order valence-corrected chi connectivity index (χ1v) is 9.51. The summed E-state index contributed by atoms with van der Waals surface area (Å²) in [6.45, 7) is 2.10. The zero-order valence-corrected chi connectivity index (χ0v) is 15.9. The van der Waals surface area contributed by atoms with Crippen molar-refractivity contribution in [1.82, 2.24) is 25.6 Å². The second-order valence-electron chi connectivity index (χ2n) is 6.43. The first-order chi connectivity index (χ1) is 12.3. The Morgan fingerprint density at radius 2 is 2.31 bits per heavy atom. The number of halogens is 1. The third-order valence-corrected chi connectivity index (χ3v) is 5.69. The number of thiazole rings is 1. The molecule has 0 bridgehead atoms. The minimum absolute atomic E-state index is 0. The molecule has 26 heavy (non-hydrogen) atoms. The van der Waals surface area contributed by atoms with Gasteiger partial charge in [-0.3, -0.25) is 14.8 Å². The molecule has 3 heterocycles. The molecule has 2 N–H and O–H groups in total. The highest BCUT2D eigenvalue weighted by atomic mass is 35.5. The average molecular weight is 396 g/mol. The molecule has 4 rings (SSSR count). The summed E-state index contributed by atoms with van der Waals surface area (Å²) in [5.41, 5.74) is 1.61. The molecule has 2 aromatic rings. The van der Waals surface area contributed by atoms with Crippen LogP contribution in [-0.2, 0) is 16.1 Å². The molecule has 9 heteroatoms. The maximum Gasteiger partial charge on any atom is 0.223 e. The van der Waals surface area contributed by atoms with Gasteiger partial charge >= 0.3 is 0 Å². The van der Waals surface area contributed by atoms with Crippen LogP contribution in [-0.4, -0.2) is 46.2 Å². The Kier molecular flexibility index (Phi) is 6.53. The molecule has 0 radical (unpaired) electrons. The molecule has 2 fully saturated rings. The van der Waals surface area contributed by atoms with Gasteiger partial charge in [-0.1, -0.05) is 0 Å². The van der Waals surface area contributed by atoms with E-state index in [4.69, 9.17) is 4.74 Å². The molecule has 0 spiro atoms. The zero-order chi connectivity index (χ0) is 17.1. The molecular formula is C17H22ClN5O2S. The number of morpholine rings is 1. The van der Waals surface area contributed by atoms with Crippen molar-refractivity contribution >= 4 is 29.7 Å². The quantitative estimate of drug-likeness (QED) is 0.820. The Balaban J connectivity index is 0.00000196. The summed E-state index contributed by atoms with van der Waals surface area (Å²) in [5.74, 6) is 0.161. The summed E-state index contributed by atoms with van der Waals surface area (Å²) in [5, 5.41) is 9.28. The standard InChI is InChI=1S/C17H21N5O2S.ClH/c23-16(11-1-2-15-13(7-11)20-5-6-24-15)21-8-12-10-25-17(22-12)14-9-18-3-4-19-14;/h3-4,9-11,13,15,20H,1-2,5-8H2,(H,21,23);1H/t11-,13+,15+;/m0./s1. The van der Waals surface area contributed by atoms with Crippen LogP contribution < -0.4 is 10.6 Å². The van der Waals surface area contributed by atoms with E-state index in [2.05, 4.69) is 25.6 Å². The highest BCUT2D eigenvalue weighted by Crippen LogP contribution is 2.28. The number of nitrogens with one attached hydrogen (secondary N) is 2. The molecule has 2 aliphatic rings. The van der Waals surface area contributed by atoms with Crippen molar-refractivity contribution in [3.63, 3.8) is 0 Å². The van der Waals surface area contributed by atoms with Gasteiger partial charge in [0, 0.05) is 36.3 Å². The Labute approximate surface area is 162 Å². The van der Waals surface area contributed by atoms with Crippen LogP contribution in [0.1, 0.15) is 25.0 Å². The minimum Gasteiger partial charge on any atom is -0.375 e. The number of amides is 1. The summed E-state index contributed by atoms with van der Waals surface area (Å²) < 4.78 is 5.77. The highest BCUT2D eigenvalue weighted by Gasteiger charge is 2.35. The highest BCUT2D eigenvalue weighted by molar-refractivity contribution is 7.13. The molecule has 140 valence electrons. The van der Waals surface area contributed by atoms with Crippen molar-refractivity contribution in [2.45, 2.75) is 38.0 Å². The number of nitrogens with zero attached hydrogens (tertiary/aromatic N) is 3. The number of hydrogen-bond donors (Lipinski definition) is 2. The van der Waals surface area contributed by atoms with E-state index in [1.165, 1.54) is 11.3 Å². The van der Waals surface area contributed by atoms with Crippen molar-refractivity contribution in [2.75, 3.05) is 13.2 Å². The third kappa shape index (κ3) is 4.37. The Hall–Kier alpha value is -1.61. The van der Waals surface area contributed by atoms with E-state index in [-0.39, 0.29) is 30.3 Å². The lowest BCUT2D eigenvalue weighted by Gasteiger charge is -2.39. The summed E-state index contributed by atoms with van der Waals surface area (Å²) in [6.07, 6.45) is 7.93. The molecule has 2 aromatic heterocycles.